The van der Waals surface area contributed by atoms with Gasteiger partial charge in [-0.1, -0.05) is 28.1 Å². The van der Waals surface area contributed by atoms with Crippen LogP contribution in [0.15, 0.2) is 28.7 Å². The second-order valence-corrected chi connectivity index (χ2v) is 7.58. The molecule has 8 heteroatoms. The summed E-state index contributed by atoms with van der Waals surface area (Å²) in [5.74, 6) is -0.0819. The summed E-state index contributed by atoms with van der Waals surface area (Å²) in [6.07, 6.45) is -2.56. The second kappa shape index (κ2) is 9.19. The number of ether oxygens (including phenoxy) is 1. The maximum Gasteiger partial charge on any atom is 0.401 e. The molecule has 1 heterocycles. The van der Waals surface area contributed by atoms with E-state index in [0.29, 0.717) is 39.0 Å². The third kappa shape index (κ3) is 5.96. The van der Waals surface area contributed by atoms with Crippen LogP contribution in [0.5, 0.6) is 0 Å². The van der Waals surface area contributed by atoms with E-state index < -0.39 is 18.1 Å². The quantitative estimate of drug-likeness (QED) is 0.665. The molecule has 1 N–H and O–H groups in total. The highest BCUT2D eigenvalue weighted by Crippen LogP contribution is 2.35. The summed E-state index contributed by atoms with van der Waals surface area (Å²) in [4.78, 5) is 14.1. The van der Waals surface area contributed by atoms with Crippen LogP contribution in [0.25, 0.3) is 0 Å². The number of benzene rings is 1. The fourth-order valence-corrected chi connectivity index (χ4v) is 3.51. The summed E-state index contributed by atoms with van der Waals surface area (Å²) >= 11 is 3.40. The third-order valence-corrected chi connectivity index (χ3v) is 5.16. The van der Waals surface area contributed by atoms with Crippen molar-refractivity contribution in [2.75, 3.05) is 39.9 Å². The Balaban J connectivity index is 1.92. The highest BCUT2D eigenvalue weighted by molar-refractivity contribution is 9.10. The zero-order valence-electron chi connectivity index (χ0n) is 14.7. The van der Waals surface area contributed by atoms with Gasteiger partial charge in [0.05, 0.1) is 12.0 Å². The number of nitrogens with one attached hydrogen (secondary N) is 1. The molecule has 1 aromatic rings. The number of alkyl halides is 3. The van der Waals surface area contributed by atoms with Crippen LogP contribution < -0.4 is 5.32 Å². The van der Waals surface area contributed by atoms with E-state index >= 15 is 0 Å². The van der Waals surface area contributed by atoms with Crippen LogP contribution in [0, 0.1) is 0 Å². The molecule has 0 aromatic heterocycles. The summed E-state index contributed by atoms with van der Waals surface area (Å²) in [5, 5.41) is 2.91. The zero-order valence-corrected chi connectivity index (χ0v) is 16.3. The first-order chi connectivity index (χ1) is 12.2. The third-order valence-electron chi connectivity index (χ3n) is 4.63. The second-order valence-electron chi connectivity index (χ2n) is 6.66. The normalized spacial score (nSPS) is 17.3. The van der Waals surface area contributed by atoms with E-state index in [1.165, 1.54) is 11.9 Å². The Kier molecular flexibility index (Phi) is 7.49. The van der Waals surface area contributed by atoms with Crippen molar-refractivity contribution in [3.8, 4) is 0 Å². The molecule has 1 aliphatic heterocycles. The van der Waals surface area contributed by atoms with Crippen LogP contribution in [0.3, 0.4) is 0 Å². The van der Waals surface area contributed by atoms with Crippen LogP contribution >= 0.6 is 15.9 Å². The SMILES string of the molecule is CN(CCCNC(=O)C1(c2ccc(Br)cc2)CCOCC1)CC(F)(F)F. The molecule has 0 radical (unpaired) electrons. The maximum atomic E-state index is 12.9. The van der Waals surface area contributed by atoms with Gasteiger partial charge >= 0.3 is 6.18 Å². The molecule has 146 valence electrons. The number of hydrogen-bond donors (Lipinski definition) is 1. The monoisotopic (exact) mass is 436 g/mol. The topological polar surface area (TPSA) is 41.6 Å². The zero-order chi connectivity index (χ0) is 19.2. The van der Waals surface area contributed by atoms with Crippen LogP contribution in [0.2, 0.25) is 0 Å². The van der Waals surface area contributed by atoms with Crippen molar-refractivity contribution in [1.29, 1.82) is 0 Å². The molecular formula is C18H24BrF3N2O2. The van der Waals surface area contributed by atoms with Crippen molar-refractivity contribution in [2.45, 2.75) is 30.9 Å². The Bertz CT molecular complexity index is 587. The standard InChI is InChI=1S/C18H24BrF3N2O2/c1-24(13-18(20,21)22)10-2-9-23-16(25)17(7-11-26-12-8-17)14-3-5-15(19)6-4-14/h3-6H,2,7-13H2,1H3,(H,23,25). The van der Waals surface area contributed by atoms with Gasteiger partial charge in [0.2, 0.25) is 5.91 Å². The van der Waals surface area contributed by atoms with Gasteiger partial charge in [-0.05, 0) is 50.6 Å². The van der Waals surface area contributed by atoms with Gasteiger partial charge in [-0.25, -0.2) is 0 Å². The van der Waals surface area contributed by atoms with Gasteiger partial charge in [-0.2, -0.15) is 13.2 Å². The summed E-state index contributed by atoms with van der Waals surface area (Å²) in [7, 11) is 1.43. The average molecular weight is 437 g/mol. The van der Waals surface area contributed by atoms with Gasteiger partial charge in [-0.3, -0.25) is 9.69 Å². The highest BCUT2D eigenvalue weighted by Gasteiger charge is 2.41. The fourth-order valence-electron chi connectivity index (χ4n) is 3.24. The van der Waals surface area contributed by atoms with Crippen molar-refractivity contribution < 1.29 is 22.7 Å². The lowest BCUT2D eigenvalue weighted by Crippen LogP contribution is -2.48. The smallest absolute Gasteiger partial charge is 0.381 e. The van der Waals surface area contributed by atoms with Gasteiger partial charge in [0.25, 0.3) is 0 Å². The molecule has 4 nitrogen and oxygen atoms in total. The number of carbonyl (C=O) groups excluding carboxylic acids is 1. The van der Waals surface area contributed by atoms with E-state index in [1.54, 1.807) is 0 Å². The molecule has 0 saturated carbocycles. The van der Waals surface area contributed by atoms with Crippen LogP contribution in [-0.4, -0.2) is 56.9 Å². The van der Waals surface area contributed by atoms with Crippen molar-refractivity contribution in [1.82, 2.24) is 10.2 Å². The summed E-state index contributed by atoms with van der Waals surface area (Å²) in [5.41, 5.74) is 0.298. The Morgan fingerprint density at radius 1 is 1.27 bits per heavy atom. The minimum Gasteiger partial charge on any atom is -0.381 e. The van der Waals surface area contributed by atoms with Gasteiger partial charge in [0.15, 0.2) is 0 Å². The number of rotatable bonds is 7. The summed E-state index contributed by atoms with van der Waals surface area (Å²) < 4.78 is 43.3. The van der Waals surface area contributed by atoms with Gasteiger partial charge in [0.1, 0.15) is 0 Å². The van der Waals surface area contributed by atoms with Gasteiger partial charge < -0.3 is 10.1 Å². The predicted molar refractivity (Wildman–Crippen MR) is 97.1 cm³/mol. The van der Waals surface area contributed by atoms with Crippen LogP contribution in [0.1, 0.15) is 24.8 Å². The molecule has 1 fully saturated rings. The number of halogens is 4. The van der Waals surface area contributed by atoms with Crippen molar-refractivity contribution >= 4 is 21.8 Å². The first-order valence-electron chi connectivity index (χ1n) is 8.60. The van der Waals surface area contributed by atoms with E-state index in [4.69, 9.17) is 4.74 Å². The minimum absolute atomic E-state index is 0.0819. The molecule has 0 bridgehead atoms. The molecule has 0 atom stereocenters. The largest absolute Gasteiger partial charge is 0.401 e. The number of carbonyl (C=O) groups is 1. The van der Waals surface area contributed by atoms with Crippen molar-refractivity contribution in [3.63, 3.8) is 0 Å². The highest BCUT2D eigenvalue weighted by atomic mass is 79.9. The average Bonchev–Trinajstić information content (AvgIpc) is 2.58. The Labute approximate surface area is 160 Å². The summed E-state index contributed by atoms with van der Waals surface area (Å²) in [6, 6.07) is 7.69. The summed E-state index contributed by atoms with van der Waals surface area (Å²) in [6.45, 7) is 0.699. The van der Waals surface area contributed by atoms with E-state index in [-0.39, 0.29) is 12.5 Å². The van der Waals surface area contributed by atoms with Crippen LogP contribution in [0.4, 0.5) is 13.2 Å². The molecule has 0 aliphatic carbocycles. The minimum atomic E-state index is -4.20. The van der Waals surface area contributed by atoms with E-state index in [0.717, 1.165) is 10.0 Å². The lowest BCUT2D eigenvalue weighted by Gasteiger charge is -2.36. The van der Waals surface area contributed by atoms with Crippen molar-refractivity contribution in [2.24, 2.45) is 0 Å². The molecule has 0 unspecified atom stereocenters. The van der Waals surface area contributed by atoms with Gasteiger partial charge in [0, 0.05) is 24.2 Å². The molecule has 1 aliphatic rings. The predicted octanol–water partition coefficient (Wildman–Crippen LogP) is 3.50. The van der Waals surface area contributed by atoms with Crippen molar-refractivity contribution in [3.05, 3.63) is 34.3 Å². The van der Waals surface area contributed by atoms with E-state index in [2.05, 4.69) is 21.2 Å². The Morgan fingerprint density at radius 3 is 2.46 bits per heavy atom. The molecule has 2 rings (SSSR count). The first kappa shape index (κ1) is 21.2. The number of nitrogens with zero attached hydrogens (tertiary/aromatic N) is 1. The molecular weight excluding hydrogens is 413 g/mol. The fraction of sp³-hybridized carbons (Fsp3) is 0.611. The van der Waals surface area contributed by atoms with Gasteiger partial charge in [-0.15, -0.1) is 0 Å². The van der Waals surface area contributed by atoms with Crippen LogP contribution in [-0.2, 0) is 14.9 Å². The molecule has 1 aromatic carbocycles. The maximum absolute atomic E-state index is 12.9. The molecule has 1 amide bonds. The molecule has 26 heavy (non-hydrogen) atoms. The molecule has 0 spiro atoms. The lowest BCUT2D eigenvalue weighted by molar-refractivity contribution is -0.143. The number of amides is 1. The molecule has 1 saturated heterocycles. The Hall–Kier alpha value is -1.12. The first-order valence-corrected chi connectivity index (χ1v) is 9.40. The van der Waals surface area contributed by atoms with E-state index in [1.807, 2.05) is 24.3 Å². The number of hydrogen-bond acceptors (Lipinski definition) is 3. The van der Waals surface area contributed by atoms with E-state index in [9.17, 15) is 18.0 Å². The Morgan fingerprint density at radius 2 is 1.88 bits per heavy atom. The lowest BCUT2D eigenvalue weighted by atomic mass is 9.73.